The third-order valence-electron chi connectivity index (χ3n) is 4.60. The molecule has 1 aromatic heterocycles. The molecule has 1 amide bonds. The third kappa shape index (κ3) is 6.32. The predicted octanol–water partition coefficient (Wildman–Crippen LogP) is 1.37. The minimum atomic E-state index is -0.865. The molecule has 3 aromatic rings. The van der Waals surface area contributed by atoms with Crippen molar-refractivity contribution in [1.29, 1.82) is 0 Å². The molecule has 10 nitrogen and oxygen atoms in total. The van der Waals surface area contributed by atoms with Crippen LogP contribution < -0.4 is 22.1 Å². The van der Waals surface area contributed by atoms with Crippen LogP contribution in [0.3, 0.4) is 0 Å². The second-order valence-electron chi connectivity index (χ2n) is 6.77. The van der Waals surface area contributed by atoms with Gasteiger partial charge < -0.3 is 25.8 Å². The SMILES string of the molecule is CN.O=C(Nc1ccn([C@H]2CNC[C@H](OC(=O)c3ccccc3)O2)c(=O)n1)c1ccccc1. The average molecular weight is 451 g/mol. The Labute approximate surface area is 190 Å². The molecule has 172 valence electrons. The number of carbonyl (C=O) groups excluding carboxylic acids is 2. The van der Waals surface area contributed by atoms with Gasteiger partial charge in [-0.2, -0.15) is 4.98 Å². The first-order chi connectivity index (χ1) is 16.1. The second kappa shape index (κ2) is 11.7. The molecule has 4 N–H and O–H groups in total. The van der Waals surface area contributed by atoms with Crippen LogP contribution in [0.5, 0.6) is 0 Å². The standard InChI is InChI=1S/C22H20N4O5.CH5N/c27-20(15-7-3-1-4-8-15)24-17-11-12-26(22(29)25-17)18-13-23-14-19(30-18)31-21(28)16-9-5-2-6-10-16;1-2/h1-12,18-19,23H,13-14H2,(H,24,25,27,29);2H2,1H3/t18-,19+;/m1./s1. The van der Waals surface area contributed by atoms with Gasteiger partial charge in [-0.15, -0.1) is 0 Å². The van der Waals surface area contributed by atoms with E-state index < -0.39 is 24.2 Å². The van der Waals surface area contributed by atoms with Crippen LogP contribution in [0.25, 0.3) is 0 Å². The number of morpholine rings is 1. The number of carbonyl (C=O) groups is 2. The van der Waals surface area contributed by atoms with Gasteiger partial charge in [-0.05, 0) is 37.4 Å². The number of hydrogen-bond donors (Lipinski definition) is 3. The van der Waals surface area contributed by atoms with Crippen LogP contribution in [0.2, 0.25) is 0 Å². The molecule has 0 spiro atoms. The van der Waals surface area contributed by atoms with Crippen molar-refractivity contribution in [2.45, 2.75) is 12.5 Å². The van der Waals surface area contributed by atoms with Crippen molar-refractivity contribution >= 4 is 17.7 Å². The number of hydrogen-bond acceptors (Lipinski definition) is 8. The predicted molar refractivity (Wildman–Crippen MR) is 122 cm³/mol. The molecule has 33 heavy (non-hydrogen) atoms. The molecule has 2 atom stereocenters. The van der Waals surface area contributed by atoms with E-state index in [0.717, 1.165) is 0 Å². The molecule has 0 unspecified atom stereocenters. The van der Waals surface area contributed by atoms with Crippen molar-refractivity contribution in [1.82, 2.24) is 14.9 Å². The molecule has 0 radical (unpaired) electrons. The second-order valence-corrected chi connectivity index (χ2v) is 6.77. The summed E-state index contributed by atoms with van der Waals surface area (Å²) in [5.41, 5.74) is 4.76. The van der Waals surface area contributed by atoms with Gasteiger partial charge >= 0.3 is 11.7 Å². The van der Waals surface area contributed by atoms with E-state index in [1.807, 2.05) is 0 Å². The molecule has 10 heteroatoms. The molecule has 0 bridgehead atoms. The number of nitrogens with two attached hydrogens (primary N) is 1. The highest BCUT2D eigenvalue weighted by Crippen LogP contribution is 2.16. The Morgan fingerprint density at radius 2 is 1.67 bits per heavy atom. The Bertz CT molecular complexity index is 1120. The maximum absolute atomic E-state index is 12.5. The van der Waals surface area contributed by atoms with Crippen LogP contribution >= 0.6 is 0 Å². The molecule has 4 rings (SSSR count). The smallest absolute Gasteiger partial charge is 0.351 e. The lowest BCUT2D eigenvalue weighted by molar-refractivity contribution is -0.180. The molecular weight excluding hydrogens is 426 g/mol. The van der Waals surface area contributed by atoms with Gasteiger partial charge in [0, 0.05) is 18.3 Å². The zero-order valence-corrected chi connectivity index (χ0v) is 18.0. The van der Waals surface area contributed by atoms with Gasteiger partial charge in [0.1, 0.15) is 5.82 Å². The Kier molecular flexibility index (Phi) is 8.42. The van der Waals surface area contributed by atoms with Crippen LogP contribution in [0.15, 0.2) is 77.7 Å². The van der Waals surface area contributed by atoms with Crippen LogP contribution in [-0.2, 0) is 9.47 Å². The van der Waals surface area contributed by atoms with E-state index in [1.165, 1.54) is 23.9 Å². The van der Waals surface area contributed by atoms with Gasteiger partial charge in [0.25, 0.3) is 5.91 Å². The Balaban J connectivity index is 0.00000149. The van der Waals surface area contributed by atoms with Gasteiger partial charge in [0.05, 0.1) is 12.1 Å². The van der Waals surface area contributed by atoms with Crippen LogP contribution in [0.1, 0.15) is 26.9 Å². The van der Waals surface area contributed by atoms with E-state index in [2.05, 4.69) is 21.4 Å². The fraction of sp³-hybridized carbons (Fsp3) is 0.217. The van der Waals surface area contributed by atoms with Crippen LogP contribution in [0.4, 0.5) is 5.82 Å². The summed E-state index contributed by atoms with van der Waals surface area (Å²) in [5, 5.41) is 5.67. The van der Waals surface area contributed by atoms with Crippen molar-refractivity contribution in [3.63, 3.8) is 0 Å². The van der Waals surface area contributed by atoms with E-state index in [4.69, 9.17) is 9.47 Å². The summed E-state index contributed by atoms with van der Waals surface area (Å²) in [4.78, 5) is 40.9. The molecule has 1 aliphatic heterocycles. The Morgan fingerprint density at radius 1 is 1.03 bits per heavy atom. The van der Waals surface area contributed by atoms with Gasteiger partial charge in [-0.1, -0.05) is 36.4 Å². The van der Waals surface area contributed by atoms with Crippen molar-refractivity contribution in [2.75, 3.05) is 25.5 Å². The minimum Gasteiger partial charge on any atom is -0.431 e. The molecule has 2 aromatic carbocycles. The minimum absolute atomic E-state index is 0.130. The van der Waals surface area contributed by atoms with Crippen LogP contribution in [-0.4, -0.2) is 47.9 Å². The number of nitrogens with one attached hydrogen (secondary N) is 2. The van der Waals surface area contributed by atoms with E-state index in [0.29, 0.717) is 24.2 Å². The number of benzene rings is 2. The fourth-order valence-corrected chi connectivity index (χ4v) is 3.07. The highest BCUT2D eigenvalue weighted by Gasteiger charge is 2.27. The summed E-state index contributed by atoms with van der Waals surface area (Å²) >= 11 is 0. The van der Waals surface area contributed by atoms with Crippen molar-refractivity contribution in [3.8, 4) is 0 Å². The summed E-state index contributed by atoms with van der Waals surface area (Å²) in [5.74, 6) is -0.753. The van der Waals surface area contributed by atoms with Crippen LogP contribution in [0, 0.1) is 0 Å². The van der Waals surface area contributed by atoms with E-state index in [1.54, 1.807) is 60.7 Å². The lowest BCUT2D eigenvalue weighted by atomic mass is 10.2. The molecule has 1 fully saturated rings. The molecule has 0 aliphatic carbocycles. The lowest BCUT2D eigenvalue weighted by Crippen LogP contribution is -2.47. The quantitative estimate of drug-likeness (QED) is 0.495. The first kappa shape index (κ1) is 23.8. The van der Waals surface area contributed by atoms with Gasteiger partial charge in [-0.3, -0.25) is 9.36 Å². The van der Waals surface area contributed by atoms with Crippen molar-refractivity contribution < 1.29 is 19.1 Å². The van der Waals surface area contributed by atoms with E-state index in [-0.39, 0.29) is 11.7 Å². The first-order valence-electron chi connectivity index (χ1n) is 10.3. The Hall–Kier alpha value is -3.86. The highest BCUT2D eigenvalue weighted by atomic mass is 16.7. The molecular formula is C23H25N5O5. The number of ether oxygens (including phenoxy) is 2. The number of anilines is 1. The summed E-state index contributed by atoms with van der Waals surface area (Å²) < 4.78 is 12.4. The van der Waals surface area contributed by atoms with E-state index in [9.17, 15) is 14.4 Å². The van der Waals surface area contributed by atoms with Gasteiger partial charge in [0.15, 0.2) is 6.23 Å². The summed E-state index contributed by atoms with van der Waals surface area (Å²) in [7, 11) is 1.50. The zero-order valence-electron chi connectivity index (χ0n) is 18.0. The number of nitrogens with zero attached hydrogens (tertiary/aromatic N) is 2. The monoisotopic (exact) mass is 451 g/mol. The maximum Gasteiger partial charge on any atom is 0.351 e. The third-order valence-corrected chi connectivity index (χ3v) is 4.60. The topological polar surface area (TPSA) is 138 Å². The van der Waals surface area contributed by atoms with E-state index >= 15 is 0 Å². The Morgan fingerprint density at radius 3 is 2.30 bits per heavy atom. The number of rotatable bonds is 5. The number of aromatic nitrogens is 2. The van der Waals surface area contributed by atoms with Crippen molar-refractivity contribution in [3.05, 3.63) is 94.5 Å². The molecule has 2 heterocycles. The normalized spacial score (nSPS) is 17.3. The average Bonchev–Trinajstić information content (AvgIpc) is 2.86. The summed E-state index contributed by atoms with van der Waals surface area (Å²) in [6.45, 7) is 0.624. The molecule has 1 saturated heterocycles. The molecule has 0 saturated carbocycles. The lowest BCUT2D eigenvalue weighted by Gasteiger charge is -2.31. The number of amides is 1. The zero-order chi connectivity index (χ0) is 23.6. The summed E-state index contributed by atoms with van der Waals surface area (Å²) in [6.07, 6.45) is -0.110. The maximum atomic E-state index is 12.5. The first-order valence-corrected chi connectivity index (χ1v) is 10.3. The van der Waals surface area contributed by atoms with Gasteiger partial charge in [-0.25, -0.2) is 9.59 Å². The summed E-state index contributed by atoms with van der Waals surface area (Å²) in [6, 6.07) is 18.7. The molecule has 1 aliphatic rings. The highest BCUT2D eigenvalue weighted by molar-refractivity contribution is 6.03. The fourth-order valence-electron chi connectivity index (χ4n) is 3.07. The van der Waals surface area contributed by atoms with Gasteiger partial charge in [0.2, 0.25) is 6.29 Å². The van der Waals surface area contributed by atoms with Crippen molar-refractivity contribution in [2.24, 2.45) is 5.73 Å². The number of esters is 1. The largest absolute Gasteiger partial charge is 0.431 e.